The van der Waals surface area contributed by atoms with Gasteiger partial charge < -0.3 is 5.73 Å². The van der Waals surface area contributed by atoms with Crippen LogP contribution in [0.5, 0.6) is 0 Å². The highest BCUT2D eigenvalue weighted by Gasteiger charge is 2.13. The van der Waals surface area contributed by atoms with E-state index in [1.807, 2.05) is 6.92 Å². The lowest BCUT2D eigenvalue weighted by molar-refractivity contribution is 0.624. The summed E-state index contributed by atoms with van der Waals surface area (Å²) in [5.74, 6) is 0.0418. The molecule has 2 rings (SSSR count). The molecule has 0 atom stereocenters. The fraction of sp³-hybridized carbons (Fsp3) is 0.100. The second-order valence-corrected chi connectivity index (χ2v) is 4.16. The van der Waals surface area contributed by atoms with Gasteiger partial charge in [0, 0.05) is 11.1 Å². The molecule has 0 aliphatic heterocycles. The molecule has 0 aliphatic rings. The van der Waals surface area contributed by atoms with Gasteiger partial charge in [-0.2, -0.15) is 5.10 Å². The molecule has 1 aromatic heterocycles. The Morgan fingerprint density at radius 2 is 2.13 bits per heavy atom. The minimum absolute atomic E-state index is 0.325. The molecule has 0 saturated carbocycles. The molecule has 1 heterocycles. The average Bonchev–Trinajstić information content (AvgIpc) is 2.58. The molecule has 0 amide bonds. The van der Waals surface area contributed by atoms with Gasteiger partial charge in [0.2, 0.25) is 0 Å². The Hall–Kier alpha value is -1.36. The summed E-state index contributed by atoms with van der Waals surface area (Å²) in [5, 5.41) is 6.35. The number of halogens is 2. The third-order valence-corrected chi connectivity index (χ3v) is 2.71. The number of nitrogens with zero attached hydrogens (tertiary/aromatic N) is 1. The predicted molar refractivity (Wildman–Crippen MR) is 60.8 cm³/mol. The van der Waals surface area contributed by atoms with E-state index in [4.69, 9.17) is 5.73 Å². The van der Waals surface area contributed by atoms with Crippen molar-refractivity contribution in [1.29, 1.82) is 0 Å². The van der Waals surface area contributed by atoms with Crippen molar-refractivity contribution in [3.63, 3.8) is 0 Å². The Labute approximate surface area is 94.6 Å². The summed E-state index contributed by atoms with van der Waals surface area (Å²) in [7, 11) is 0. The first kappa shape index (κ1) is 10.2. The number of benzene rings is 1. The van der Waals surface area contributed by atoms with Crippen molar-refractivity contribution in [2.24, 2.45) is 0 Å². The standard InChI is InChI=1S/C10H9BrFN3/c1-5-2-6(9(12)8(11)3-5)7-4-14-15-10(7)13/h2-4H,1H3,(H3,13,14,15). The van der Waals surface area contributed by atoms with Crippen LogP contribution in [0.4, 0.5) is 10.2 Å². The summed E-state index contributed by atoms with van der Waals surface area (Å²) in [4.78, 5) is 0. The first-order valence-electron chi connectivity index (χ1n) is 4.34. The Bertz CT molecular complexity index is 507. The van der Waals surface area contributed by atoms with Crippen LogP contribution in [0.2, 0.25) is 0 Å². The fourth-order valence-corrected chi connectivity index (χ4v) is 2.01. The topological polar surface area (TPSA) is 54.7 Å². The molecule has 3 N–H and O–H groups in total. The van der Waals surface area contributed by atoms with E-state index in [9.17, 15) is 4.39 Å². The number of aromatic amines is 1. The van der Waals surface area contributed by atoms with E-state index < -0.39 is 0 Å². The van der Waals surface area contributed by atoms with Gasteiger partial charge in [-0.05, 0) is 40.5 Å². The van der Waals surface area contributed by atoms with E-state index >= 15 is 0 Å². The summed E-state index contributed by atoms with van der Waals surface area (Å²) in [6, 6.07) is 3.45. The van der Waals surface area contributed by atoms with E-state index in [-0.39, 0.29) is 5.82 Å². The summed E-state index contributed by atoms with van der Waals surface area (Å²) < 4.78 is 14.2. The van der Waals surface area contributed by atoms with Gasteiger partial charge >= 0.3 is 0 Å². The van der Waals surface area contributed by atoms with Crippen LogP contribution in [0, 0.1) is 12.7 Å². The van der Waals surface area contributed by atoms with E-state index in [2.05, 4.69) is 26.1 Å². The maximum Gasteiger partial charge on any atom is 0.145 e. The predicted octanol–water partition coefficient (Wildman–Crippen LogP) is 2.87. The second kappa shape index (κ2) is 3.66. The Morgan fingerprint density at radius 1 is 1.40 bits per heavy atom. The Kier molecular flexibility index (Phi) is 2.48. The van der Waals surface area contributed by atoms with E-state index in [0.29, 0.717) is 21.4 Å². The van der Waals surface area contributed by atoms with Crippen molar-refractivity contribution in [3.05, 3.63) is 34.2 Å². The summed E-state index contributed by atoms with van der Waals surface area (Å²) in [6.45, 7) is 1.89. The van der Waals surface area contributed by atoms with Gasteiger partial charge in [-0.15, -0.1) is 0 Å². The highest BCUT2D eigenvalue weighted by Crippen LogP contribution is 2.31. The van der Waals surface area contributed by atoms with Crippen molar-refractivity contribution in [2.45, 2.75) is 6.92 Å². The van der Waals surface area contributed by atoms with Crippen LogP contribution in [0.3, 0.4) is 0 Å². The number of rotatable bonds is 1. The molecule has 0 fully saturated rings. The molecular formula is C10H9BrFN3. The molecule has 0 aliphatic carbocycles. The van der Waals surface area contributed by atoms with E-state index in [0.717, 1.165) is 5.56 Å². The van der Waals surface area contributed by atoms with Crippen molar-refractivity contribution in [2.75, 3.05) is 5.73 Å². The normalized spacial score (nSPS) is 10.6. The lowest BCUT2D eigenvalue weighted by Crippen LogP contribution is -1.92. The highest BCUT2D eigenvalue weighted by molar-refractivity contribution is 9.10. The average molecular weight is 270 g/mol. The number of hydrogen-bond donors (Lipinski definition) is 2. The molecule has 15 heavy (non-hydrogen) atoms. The van der Waals surface area contributed by atoms with Crippen molar-refractivity contribution in [1.82, 2.24) is 10.2 Å². The number of aryl methyl sites for hydroxylation is 1. The van der Waals surface area contributed by atoms with Crippen LogP contribution in [-0.4, -0.2) is 10.2 Å². The van der Waals surface area contributed by atoms with Crippen molar-refractivity contribution >= 4 is 21.7 Å². The molecule has 2 aromatic rings. The maximum atomic E-state index is 13.8. The Balaban J connectivity index is 2.68. The van der Waals surface area contributed by atoms with Gasteiger partial charge in [0.25, 0.3) is 0 Å². The van der Waals surface area contributed by atoms with Crippen LogP contribution in [-0.2, 0) is 0 Å². The lowest BCUT2D eigenvalue weighted by atomic mass is 10.1. The smallest absolute Gasteiger partial charge is 0.145 e. The number of nitrogen functional groups attached to an aromatic ring is 1. The molecule has 0 unspecified atom stereocenters. The van der Waals surface area contributed by atoms with Gasteiger partial charge in [-0.1, -0.05) is 0 Å². The van der Waals surface area contributed by atoms with Gasteiger partial charge in [0.1, 0.15) is 11.6 Å². The van der Waals surface area contributed by atoms with Crippen molar-refractivity contribution < 1.29 is 4.39 Å². The fourth-order valence-electron chi connectivity index (χ4n) is 1.43. The SMILES string of the molecule is Cc1cc(Br)c(F)c(-c2cn[nH]c2N)c1. The first-order valence-corrected chi connectivity index (χ1v) is 5.13. The molecule has 0 radical (unpaired) electrons. The van der Waals surface area contributed by atoms with Gasteiger partial charge in [-0.25, -0.2) is 4.39 Å². The monoisotopic (exact) mass is 269 g/mol. The van der Waals surface area contributed by atoms with Crippen LogP contribution < -0.4 is 5.73 Å². The van der Waals surface area contributed by atoms with Crippen molar-refractivity contribution in [3.8, 4) is 11.1 Å². The maximum absolute atomic E-state index is 13.8. The zero-order valence-corrected chi connectivity index (χ0v) is 9.60. The number of H-pyrrole nitrogens is 1. The molecule has 0 saturated heterocycles. The molecular weight excluding hydrogens is 261 g/mol. The van der Waals surface area contributed by atoms with Gasteiger partial charge in [0.15, 0.2) is 0 Å². The zero-order chi connectivity index (χ0) is 11.0. The molecule has 78 valence electrons. The summed E-state index contributed by atoms with van der Waals surface area (Å²) >= 11 is 3.16. The van der Waals surface area contributed by atoms with E-state index in [1.54, 1.807) is 12.1 Å². The molecule has 5 heteroatoms. The molecule has 0 spiro atoms. The number of anilines is 1. The number of aromatic nitrogens is 2. The minimum atomic E-state index is -0.325. The highest BCUT2D eigenvalue weighted by atomic mass is 79.9. The second-order valence-electron chi connectivity index (χ2n) is 3.31. The van der Waals surface area contributed by atoms with Gasteiger partial charge in [-0.3, -0.25) is 5.10 Å². The molecule has 3 nitrogen and oxygen atoms in total. The quantitative estimate of drug-likeness (QED) is 0.837. The van der Waals surface area contributed by atoms with Crippen LogP contribution in [0.25, 0.3) is 11.1 Å². The third kappa shape index (κ3) is 1.74. The third-order valence-electron chi connectivity index (χ3n) is 2.13. The first-order chi connectivity index (χ1) is 7.09. The van der Waals surface area contributed by atoms with Crippen LogP contribution >= 0.6 is 15.9 Å². The molecule has 0 bridgehead atoms. The minimum Gasteiger partial charge on any atom is -0.384 e. The summed E-state index contributed by atoms with van der Waals surface area (Å²) in [6.07, 6.45) is 1.51. The number of nitrogens with two attached hydrogens (primary N) is 1. The lowest BCUT2D eigenvalue weighted by Gasteiger charge is -2.05. The van der Waals surface area contributed by atoms with Gasteiger partial charge in [0.05, 0.1) is 10.7 Å². The van der Waals surface area contributed by atoms with Crippen LogP contribution in [0.1, 0.15) is 5.56 Å². The summed E-state index contributed by atoms with van der Waals surface area (Å²) in [5.41, 5.74) is 7.63. The zero-order valence-electron chi connectivity index (χ0n) is 8.01. The number of hydrogen-bond acceptors (Lipinski definition) is 2. The number of nitrogens with one attached hydrogen (secondary N) is 1. The van der Waals surface area contributed by atoms with E-state index in [1.165, 1.54) is 6.20 Å². The largest absolute Gasteiger partial charge is 0.384 e. The molecule has 1 aromatic carbocycles. The van der Waals surface area contributed by atoms with Crippen LogP contribution in [0.15, 0.2) is 22.8 Å². The Morgan fingerprint density at radius 3 is 2.73 bits per heavy atom.